The van der Waals surface area contributed by atoms with Crippen LogP contribution in [0.5, 0.6) is 0 Å². The van der Waals surface area contributed by atoms with E-state index in [1.807, 2.05) is 17.0 Å². The highest BCUT2D eigenvalue weighted by molar-refractivity contribution is 5.97. The predicted molar refractivity (Wildman–Crippen MR) is 85.9 cm³/mol. The van der Waals surface area contributed by atoms with Crippen LogP contribution in [0.4, 0.5) is 5.69 Å². The summed E-state index contributed by atoms with van der Waals surface area (Å²) >= 11 is 0. The molecule has 1 heterocycles. The molecule has 0 fully saturated rings. The van der Waals surface area contributed by atoms with Gasteiger partial charge in [0.2, 0.25) is 0 Å². The number of rotatable bonds is 6. The van der Waals surface area contributed by atoms with Crippen LogP contribution in [0.2, 0.25) is 0 Å². The molecule has 1 atom stereocenters. The van der Waals surface area contributed by atoms with Crippen LogP contribution in [0.3, 0.4) is 0 Å². The number of carbonyl (C=O) groups excluding carboxylic acids is 1. The van der Waals surface area contributed by atoms with Gasteiger partial charge in [-0.1, -0.05) is 13.0 Å². The lowest BCUT2D eigenvalue weighted by Gasteiger charge is -2.30. The summed E-state index contributed by atoms with van der Waals surface area (Å²) in [6.45, 7) is 6.41. The van der Waals surface area contributed by atoms with Gasteiger partial charge < -0.3 is 15.0 Å². The monoisotopic (exact) mass is 290 g/mol. The zero-order valence-electron chi connectivity index (χ0n) is 13.3. The first-order chi connectivity index (χ1) is 10.2. The Morgan fingerprint density at radius 2 is 2.29 bits per heavy atom. The third kappa shape index (κ3) is 3.56. The lowest BCUT2D eigenvalue weighted by Crippen LogP contribution is -2.41. The Kier molecular flexibility index (Phi) is 5.62. The second-order valence-electron chi connectivity index (χ2n) is 5.61. The van der Waals surface area contributed by atoms with Crippen molar-refractivity contribution in [3.63, 3.8) is 0 Å². The Hall–Kier alpha value is -1.55. The number of hydrogen-bond donors (Lipinski definition) is 1. The molecule has 0 spiro atoms. The van der Waals surface area contributed by atoms with Gasteiger partial charge in [0.1, 0.15) is 0 Å². The number of carbonyl (C=O) groups is 1. The molecule has 116 valence electrons. The standard InChI is InChI=1S/C17H26N2O2/c1-4-13(2)19(11-12-21-3)17(20)15-7-5-9-16-14(15)8-6-10-18-16/h5,7,9,13,18H,4,6,8,10-12H2,1-3H3. The van der Waals surface area contributed by atoms with Crippen LogP contribution in [0, 0.1) is 0 Å². The fourth-order valence-electron chi connectivity index (χ4n) is 2.80. The van der Waals surface area contributed by atoms with Crippen LogP contribution in [-0.4, -0.2) is 43.7 Å². The van der Waals surface area contributed by atoms with Crippen LogP contribution >= 0.6 is 0 Å². The van der Waals surface area contributed by atoms with Gasteiger partial charge >= 0.3 is 0 Å². The van der Waals surface area contributed by atoms with E-state index in [0.717, 1.165) is 37.1 Å². The summed E-state index contributed by atoms with van der Waals surface area (Å²) in [4.78, 5) is 14.9. The fourth-order valence-corrected chi connectivity index (χ4v) is 2.80. The van der Waals surface area contributed by atoms with Crippen molar-refractivity contribution in [2.24, 2.45) is 0 Å². The van der Waals surface area contributed by atoms with E-state index in [4.69, 9.17) is 4.74 Å². The summed E-state index contributed by atoms with van der Waals surface area (Å²) < 4.78 is 5.16. The number of hydrogen-bond acceptors (Lipinski definition) is 3. The smallest absolute Gasteiger partial charge is 0.254 e. The highest BCUT2D eigenvalue weighted by atomic mass is 16.5. The van der Waals surface area contributed by atoms with Gasteiger partial charge in [-0.2, -0.15) is 0 Å². The highest BCUT2D eigenvalue weighted by Gasteiger charge is 2.24. The molecule has 4 nitrogen and oxygen atoms in total. The molecule has 0 aliphatic carbocycles. The molecule has 1 aliphatic heterocycles. The van der Waals surface area contributed by atoms with Crippen molar-refractivity contribution in [1.29, 1.82) is 0 Å². The third-order valence-electron chi connectivity index (χ3n) is 4.25. The molecule has 1 amide bonds. The van der Waals surface area contributed by atoms with Gasteiger partial charge in [-0.3, -0.25) is 4.79 Å². The Bertz CT molecular complexity index is 488. The Morgan fingerprint density at radius 3 is 3.00 bits per heavy atom. The van der Waals surface area contributed by atoms with Crippen molar-refractivity contribution in [1.82, 2.24) is 4.90 Å². The molecule has 1 unspecified atom stereocenters. The zero-order valence-corrected chi connectivity index (χ0v) is 13.3. The number of fused-ring (bicyclic) bond motifs is 1. The van der Waals surface area contributed by atoms with Crippen molar-refractivity contribution in [3.05, 3.63) is 29.3 Å². The number of anilines is 1. The van der Waals surface area contributed by atoms with Crippen LogP contribution in [0.25, 0.3) is 0 Å². The van der Waals surface area contributed by atoms with Crippen molar-refractivity contribution < 1.29 is 9.53 Å². The minimum Gasteiger partial charge on any atom is -0.385 e. The summed E-state index contributed by atoms with van der Waals surface area (Å²) in [5, 5.41) is 3.39. The van der Waals surface area contributed by atoms with Gasteiger partial charge in [-0.25, -0.2) is 0 Å². The van der Waals surface area contributed by atoms with Crippen molar-refractivity contribution in [2.45, 2.75) is 39.2 Å². The lowest BCUT2D eigenvalue weighted by molar-refractivity contribution is 0.0613. The number of nitrogens with one attached hydrogen (secondary N) is 1. The van der Waals surface area contributed by atoms with Crippen LogP contribution in [0.1, 0.15) is 42.6 Å². The zero-order chi connectivity index (χ0) is 15.2. The molecule has 2 rings (SSSR count). The van der Waals surface area contributed by atoms with Gasteiger partial charge in [-0.15, -0.1) is 0 Å². The molecule has 0 saturated carbocycles. The van der Waals surface area contributed by atoms with Gasteiger partial charge in [-0.05, 0) is 43.9 Å². The molecule has 1 aliphatic rings. The molecular weight excluding hydrogens is 264 g/mol. The quantitative estimate of drug-likeness (QED) is 0.876. The Morgan fingerprint density at radius 1 is 1.48 bits per heavy atom. The second-order valence-corrected chi connectivity index (χ2v) is 5.61. The first kappa shape index (κ1) is 15.8. The number of methoxy groups -OCH3 is 1. The normalized spacial score (nSPS) is 15.0. The second kappa shape index (κ2) is 7.46. The largest absolute Gasteiger partial charge is 0.385 e. The van der Waals surface area contributed by atoms with Gasteiger partial charge in [0.05, 0.1) is 6.61 Å². The minimum absolute atomic E-state index is 0.127. The third-order valence-corrected chi connectivity index (χ3v) is 4.25. The van der Waals surface area contributed by atoms with E-state index in [1.54, 1.807) is 7.11 Å². The number of nitrogens with zero attached hydrogens (tertiary/aromatic N) is 1. The van der Waals surface area contributed by atoms with E-state index in [2.05, 4.69) is 25.2 Å². The maximum Gasteiger partial charge on any atom is 0.254 e. The van der Waals surface area contributed by atoms with Gasteiger partial charge in [0.15, 0.2) is 0 Å². The number of amides is 1. The average Bonchev–Trinajstić information content (AvgIpc) is 2.54. The van der Waals surface area contributed by atoms with E-state index in [-0.39, 0.29) is 11.9 Å². The molecule has 0 aromatic heterocycles. The van der Waals surface area contributed by atoms with Crippen LogP contribution in [0.15, 0.2) is 18.2 Å². The number of benzene rings is 1. The summed E-state index contributed by atoms with van der Waals surface area (Å²) in [6, 6.07) is 6.21. The Labute approximate surface area is 127 Å². The SMILES string of the molecule is CCC(C)N(CCOC)C(=O)c1cccc2c1CCCN2. The fraction of sp³-hybridized carbons (Fsp3) is 0.588. The molecule has 0 radical (unpaired) electrons. The summed E-state index contributed by atoms with van der Waals surface area (Å²) in [5.74, 6) is 0.127. The molecule has 4 heteroatoms. The lowest BCUT2D eigenvalue weighted by atomic mass is 9.96. The van der Waals surface area contributed by atoms with Crippen molar-refractivity contribution in [3.8, 4) is 0 Å². The molecule has 0 saturated heterocycles. The van der Waals surface area contributed by atoms with Crippen LogP contribution < -0.4 is 5.32 Å². The first-order valence-corrected chi connectivity index (χ1v) is 7.84. The van der Waals surface area contributed by atoms with Crippen LogP contribution in [-0.2, 0) is 11.2 Å². The topological polar surface area (TPSA) is 41.6 Å². The molecular formula is C17H26N2O2. The summed E-state index contributed by atoms with van der Waals surface area (Å²) in [6.07, 6.45) is 3.00. The van der Waals surface area contributed by atoms with E-state index >= 15 is 0 Å². The molecule has 0 bridgehead atoms. The number of ether oxygens (including phenoxy) is 1. The van der Waals surface area contributed by atoms with Gasteiger partial charge in [0.25, 0.3) is 5.91 Å². The predicted octanol–water partition coefficient (Wildman–Crippen LogP) is 2.93. The van der Waals surface area contributed by atoms with Gasteiger partial charge in [0, 0.05) is 37.5 Å². The highest BCUT2D eigenvalue weighted by Crippen LogP contribution is 2.26. The van der Waals surface area contributed by atoms with E-state index < -0.39 is 0 Å². The first-order valence-electron chi connectivity index (χ1n) is 7.84. The van der Waals surface area contributed by atoms with Crippen molar-refractivity contribution >= 4 is 11.6 Å². The summed E-state index contributed by atoms with van der Waals surface area (Å²) in [7, 11) is 1.67. The molecule has 21 heavy (non-hydrogen) atoms. The van der Waals surface area contributed by atoms with E-state index in [9.17, 15) is 4.79 Å². The summed E-state index contributed by atoms with van der Waals surface area (Å²) in [5.41, 5.74) is 3.12. The minimum atomic E-state index is 0.127. The van der Waals surface area contributed by atoms with E-state index in [0.29, 0.717) is 13.2 Å². The molecule has 1 aromatic carbocycles. The Balaban J connectivity index is 2.28. The molecule has 1 N–H and O–H groups in total. The average molecular weight is 290 g/mol. The maximum absolute atomic E-state index is 13.0. The van der Waals surface area contributed by atoms with E-state index in [1.165, 1.54) is 5.56 Å². The maximum atomic E-state index is 13.0. The van der Waals surface area contributed by atoms with Crippen molar-refractivity contribution in [2.75, 3.05) is 32.1 Å². The molecule has 1 aromatic rings.